The zero-order chi connectivity index (χ0) is 14.4. The van der Waals surface area contributed by atoms with Gasteiger partial charge in [0.1, 0.15) is 0 Å². The Morgan fingerprint density at radius 1 is 1.10 bits per heavy atom. The topological polar surface area (TPSA) is 29.1 Å². The van der Waals surface area contributed by atoms with Crippen molar-refractivity contribution in [3.63, 3.8) is 0 Å². The summed E-state index contributed by atoms with van der Waals surface area (Å²) in [6, 6.07) is 18.0. The van der Waals surface area contributed by atoms with E-state index in [1.165, 1.54) is 5.56 Å². The van der Waals surface area contributed by atoms with Crippen molar-refractivity contribution in [2.45, 2.75) is 25.8 Å². The maximum absolute atomic E-state index is 12.0. The molecule has 20 heavy (non-hydrogen) atoms. The SMILES string of the molecule is C[C@@H](NC(=O)CCc1ccccc1)c1ccccc1Br. The van der Waals surface area contributed by atoms with E-state index < -0.39 is 0 Å². The lowest BCUT2D eigenvalue weighted by Gasteiger charge is -2.15. The highest BCUT2D eigenvalue weighted by Gasteiger charge is 2.11. The number of halogens is 1. The third kappa shape index (κ3) is 4.20. The van der Waals surface area contributed by atoms with E-state index in [1.807, 2.05) is 61.5 Å². The quantitative estimate of drug-likeness (QED) is 0.871. The van der Waals surface area contributed by atoms with E-state index in [0.29, 0.717) is 6.42 Å². The number of amides is 1. The van der Waals surface area contributed by atoms with E-state index in [1.54, 1.807) is 0 Å². The molecule has 0 saturated carbocycles. The van der Waals surface area contributed by atoms with Crippen LogP contribution in [0.15, 0.2) is 59.1 Å². The van der Waals surface area contributed by atoms with Gasteiger partial charge in [0.25, 0.3) is 0 Å². The molecule has 0 bridgehead atoms. The molecule has 104 valence electrons. The molecule has 0 aliphatic heterocycles. The van der Waals surface area contributed by atoms with Crippen LogP contribution in [0.5, 0.6) is 0 Å². The van der Waals surface area contributed by atoms with Gasteiger partial charge in [-0.15, -0.1) is 0 Å². The summed E-state index contributed by atoms with van der Waals surface area (Å²) in [6.45, 7) is 2.00. The Balaban J connectivity index is 1.87. The van der Waals surface area contributed by atoms with Crippen LogP contribution in [0, 0.1) is 0 Å². The van der Waals surface area contributed by atoms with Crippen LogP contribution >= 0.6 is 15.9 Å². The van der Waals surface area contributed by atoms with Crippen LogP contribution < -0.4 is 5.32 Å². The normalized spacial score (nSPS) is 11.9. The molecular weight excluding hydrogens is 314 g/mol. The van der Waals surface area contributed by atoms with Crippen molar-refractivity contribution in [3.05, 3.63) is 70.2 Å². The molecule has 2 nitrogen and oxygen atoms in total. The summed E-state index contributed by atoms with van der Waals surface area (Å²) >= 11 is 3.51. The predicted molar refractivity (Wildman–Crippen MR) is 85.5 cm³/mol. The van der Waals surface area contributed by atoms with Crippen LogP contribution in [0.4, 0.5) is 0 Å². The van der Waals surface area contributed by atoms with Crippen molar-refractivity contribution >= 4 is 21.8 Å². The summed E-state index contributed by atoms with van der Waals surface area (Å²) in [4.78, 5) is 12.0. The number of hydrogen-bond donors (Lipinski definition) is 1. The molecular formula is C17H18BrNO. The Morgan fingerprint density at radius 2 is 1.75 bits per heavy atom. The number of carbonyl (C=O) groups excluding carboxylic acids is 1. The molecule has 2 rings (SSSR count). The van der Waals surface area contributed by atoms with Gasteiger partial charge in [-0.2, -0.15) is 0 Å². The van der Waals surface area contributed by atoms with Gasteiger partial charge in [0.15, 0.2) is 0 Å². The molecule has 0 heterocycles. The minimum Gasteiger partial charge on any atom is -0.350 e. The predicted octanol–water partition coefficient (Wildman–Crippen LogP) is 4.26. The van der Waals surface area contributed by atoms with E-state index in [2.05, 4.69) is 21.2 Å². The average molecular weight is 332 g/mol. The maximum atomic E-state index is 12.0. The van der Waals surface area contributed by atoms with Crippen molar-refractivity contribution < 1.29 is 4.79 Å². The molecule has 1 amide bonds. The van der Waals surface area contributed by atoms with Crippen molar-refractivity contribution in [1.82, 2.24) is 5.32 Å². The fourth-order valence-corrected chi connectivity index (χ4v) is 2.75. The van der Waals surface area contributed by atoms with Crippen LogP contribution in [0.25, 0.3) is 0 Å². The first-order valence-corrected chi connectivity index (χ1v) is 7.54. The summed E-state index contributed by atoms with van der Waals surface area (Å²) < 4.78 is 1.02. The van der Waals surface area contributed by atoms with Gasteiger partial charge in [-0.25, -0.2) is 0 Å². The van der Waals surface area contributed by atoms with Crippen LogP contribution in [0.2, 0.25) is 0 Å². The summed E-state index contributed by atoms with van der Waals surface area (Å²) in [5.41, 5.74) is 2.29. The lowest BCUT2D eigenvalue weighted by atomic mass is 10.1. The van der Waals surface area contributed by atoms with Crippen molar-refractivity contribution in [1.29, 1.82) is 0 Å². The lowest BCUT2D eigenvalue weighted by molar-refractivity contribution is -0.121. The number of rotatable bonds is 5. The maximum Gasteiger partial charge on any atom is 0.220 e. The third-order valence-electron chi connectivity index (χ3n) is 3.23. The smallest absolute Gasteiger partial charge is 0.220 e. The molecule has 0 aliphatic carbocycles. The van der Waals surface area contributed by atoms with Gasteiger partial charge in [-0.3, -0.25) is 4.79 Å². The van der Waals surface area contributed by atoms with Crippen LogP contribution in [0.1, 0.15) is 30.5 Å². The van der Waals surface area contributed by atoms with Gasteiger partial charge in [0.05, 0.1) is 6.04 Å². The number of hydrogen-bond acceptors (Lipinski definition) is 1. The Bertz CT molecular complexity index is 568. The van der Waals surface area contributed by atoms with Crippen LogP contribution in [-0.2, 0) is 11.2 Å². The first-order chi connectivity index (χ1) is 9.66. The highest BCUT2D eigenvalue weighted by Crippen LogP contribution is 2.22. The van der Waals surface area contributed by atoms with Gasteiger partial charge in [-0.05, 0) is 30.5 Å². The minimum absolute atomic E-state index is 0.00819. The zero-order valence-corrected chi connectivity index (χ0v) is 13.1. The summed E-state index contributed by atoms with van der Waals surface area (Å²) in [6.07, 6.45) is 1.29. The summed E-state index contributed by atoms with van der Waals surface area (Å²) in [7, 11) is 0. The van der Waals surface area contributed by atoms with Crippen molar-refractivity contribution in [2.24, 2.45) is 0 Å². The second kappa shape index (κ2) is 7.25. The molecule has 3 heteroatoms. The molecule has 0 spiro atoms. The Hall–Kier alpha value is -1.61. The number of nitrogens with one attached hydrogen (secondary N) is 1. The molecule has 0 fully saturated rings. The standard InChI is InChI=1S/C17H18BrNO/c1-13(15-9-5-6-10-16(15)18)19-17(20)12-11-14-7-3-2-4-8-14/h2-10,13H,11-12H2,1H3,(H,19,20)/t13-/m1/s1. The fourth-order valence-electron chi connectivity index (χ4n) is 2.12. The van der Waals surface area contributed by atoms with Crippen LogP contribution in [-0.4, -0.2) is 5.91 Å². The molecule has 0 unspecified atom stereocenters. The molecule has 0 saturated heterocycles. The second-order valence-electron chi connectivity index (χ2n) is 4.80. The molecule has 2 aromatic carbocycles. The first-order valence-electron chi connectivity index (χ1n) is 6.74. The summed E-state index contributed by atoms with van der Waals surface area (Å²) in [5.74, 6) is 0.0807. The monoisotopic (exact) mass is 331 g/mol. The summed E-state index contributed by atoms with van der Waals surface area (Å²) in [5, 5.41) is 3.04. The third-order valence-corrected chi connectivity index (χ3v) is 3.95. The van der Waals surface area contributed by atoms with Crippen molar-refractivity contribution in [2.75, 3.05) is 0 Å². The fraction of sp³-hybridized carbons (Fsp3) is 0.235. The van der Waals surface area contributed by atoms with E-state index in [0.717, 1.165) is 16.5 Å². The Kier molecular flexibility index (Phi) is 5.36. The van der Waals surface area contributed by atoms with E-state index in [-0.39, 0.29) is 11.9 Å². The highest BCUT2D eigenvalue weighted by atomic mass is 79.9. The molecule has 1 atom stereocenters. The number of benzene rings is 2. The van der Waals surface area contributed by atoms with Crippen molar-refractivity contribution in [3.8, 4) is 0 Å². The largest absolute Gasteiger partial charge is 0.350 e. The highest BCUT2D eigenvalue weighted by molar-refractivity contribution is 9.10. The van der Waals surface area contributed by atoms with Gasteiger partial charge in [-0.1, -0.05) is 64.5 Å². The van der Waals surface area contributed by atoms with E-state index >= 15 is 0 Å². The van der Waals surface area contributed by atoms with Gasteiger partial charge >= 0.3 is 0 Å². The van der Waals surface area contributed by atoms with Crippen LogP contribution in [0.3, 0.4) is 0 Å². The van der Waals surface area contributed by atoms with E-state index in [4.69, 9.17) is 0 Å². The number of aryl methyl sites for hydroxylation is 1. The average Bonchev–Trinajstić information content (AvgIpc) is 2.46. The van der Waals surface area contributed by atoms with E-state index in [9.17, 15) is 4.79 Å². The molecule has 2 aromatic rings. The van der Waals surface area contributed by atoms with Gasteiger partial charge in [0.2, 0.25) is 5.91 Å². The Labute approximate surface area is 128 Å². The molecule has 0 aliphatic rings. The molecule has 0 aromatic heterocycles. The lowest BCUT2D eigenvalue weighted by Crippen LogP contribution is -2.27. The van der Waals surface area contributed by atoms with Gasteiger partial charge in [0, 0.05) is 10.9 Å². The zero-order valence-electron chi connectivity index (χ0n) is 11.5. The molecule has 0 radical (unpaired) electrons. The minimum atomic E-state index is 0.00819. The number of carbonyl (C=O) groups is 1. The van der Waals surface area contributed by atoms with Gasteiger partial charge < -0.3 is 5.32 Å². The second-order valence-corrected chi connectivity index (χ2v) is 5.65. The first kappa shape index (κ1) is 14.8. The molecule has 1 N–H and O–H groups in total. The Morgan fingerprint density at radius 3 is 2.45 bits per heavy atom.